The molecule has 0 heterocycles. The maximum absolute atomic E-state index is 12.1. The third-order valence-corrected chi connectivity index (χ3v) is 3.55. The highest BCUT2D eigenvalue weighted by Crippen LogP contribution is 2.28. The van der Waals surface area contributed by atoms with Crippen molar-refractivity contribution in [1.29, 1.82) is 0 Å². The molecule has 0 aliphatic carbocycles. The molecule has 108 valence electrons. The van der Waals surface area contributed by atoms with E-state index < -0.39 is 10.9 Å². The minimum Gasteiger partial charge on any atom is -0.422 e. The molecule has 0 fully saturated rings. The first kappa shape index (κ1) is 15.2. The predicted octanol–water partition coefficient (Wildman–Crippen LogP) is 4.14. The summed E-state index contributed by atoms with van der Waals surface area (Å²) in [6.45, 7) is 2.01. The van der Waals surface area contributed by atoms with Crippen LogP contribution in [0.3, 0.4) is 0 Å². The molecule has 2 aromatic rings. The summed E-state index contributed by atoms with van der Waals surface area (Å²) in [6.07, 6.45) is 0.858. The Hall–Kier alpha value is -2.21. The molecule has 0 amide bonds. The molecule has 0 aromatic heterocycles. The van der Waals surface area contributed by atoms with Crippen molar-refractivity contribution in [2.75, 3.05) is 0 Å². The fourth-order valence-corrected chi connectivity index (χ4v) is 2.31. The zero-order valence-electron chi connectivity index (χ0n) is 11.2. The first-order valence-corrected chi connectivity index (χ1v) is 7.06. The Morgan fingerprint density at radius 2 is 2.00 bits per heavy atom. The number of nitro benzene ring substituents is 1. The Balaban J connectivity index is 2.28. The van der Waals surface area contributed by atoms with Crippen molar-refractivity contribution in [1.82, 2.24) is 0 Å². The lowest BCUT2D eigenvalue weighted by Gasteiger charge is -2.08. The molecule has 0 saturated carbocycles. The monoisotopic (exact) mass is 349 g/mol. The number of nitro groups is 1. The van der Waals surface area contributed by atoms with Gasteiger partial charge in [-0.25, -0.2) is 4.79 Å². The summed E-state index contributed by atoms with van der Waals surface area (Å²) in [5, 5.41) is 10.9. The van der Waals surface area contributed by atoms with E-state index in [-0.39, 0.29) is 11.3 Å². The molecule has 5 nitrogen and oxygen atoms in total. The van der Waals surface area contributed by atoms with Crippen LogP contribution in [0.15, 0.2) is 46.9 Å². The lowest BCUT2D eigenvalue weighted by atomic mass is 10.1. The van der Waals surface area contributed by atoms with Crippen molar-refractivity contribution in [2.24, 2.45) is 0 Å². The Labute approximate surface area is 129 Å². The van der Waals surface area contributed by atoms with Crippen LogP contribution in [0.25, 0.3) is 0 Å². The van der Waals surface area contributed by atoms with Crippen LogP contribution in [-0.2, 0) is 6.42 Å². The maximum Gasteiger partial charge on any atom is 0.350 e. The van der Waals surface area contributed by atoms with Crippen molar-refractivity contribution in [3.05, 3.63) is 68.2 Å². The fourth-order valence-electron chi connectivity index (χ4n) is 1.81. The van der Waals surface area contributed by atoms with Gasteiger partial charge in [-0.2, -0.15) is 0 Å². The Morgan fingerprint density at radius 3 is 2.62 bits per heavy atom. The topological polar surface area (TPSA) is 69.4 Å². The van der Waals surface area contributed by atoms with Crippen molar-refractivity contribution < 1.29 is 14.5 Å². The molecule has 2 rings (SSSR count). The minimum absolute atomic E-state index is 0.0750. The normalized spacial score (nSPS) is 10.2. The van der Waals surface area contributed by atoms with Crippen LogP contribution >= 0.6 is 15.9 Å². The number of carbonyl (C=O) groups is 1. The number of rotatable bonds is 4. The third-order valence-electron chi connectivity index (χ3n) is 2.93. The number of para-hydroxylation sites is 1. The second kappa shape index (κ2) is 6.49. The second-order valence-electron chi connectivity index (χ2n) is 4.28. The Morgan fingerprint density at radius 1 is 1.29 bits per heavy atom. The zero-order valence-corrected chi connectivity index (χ0v) is 12.8. The van der Waals surface area contributed by atoms with Gasteiger partial charge in [0.05, 0.1) is 9.40 Å². The van der Waals surface area contributed by atoms with Gasteiger partial charge in [-0.15, -0.1) is 0 Å². The number of hydrogen-bond acceptors (Lipinski definition) is 4. The van der Waals surface area contributed by atoms with E-state index in [0.29, 0.717) is 10.2 Å². The summed E-state index contributed by atoms with van der Waals surface area (Å²) in [5.74, 6) is -0.428. The average molecular weight is 350 g/mol. The van der Waals surface area contributed by atoms with Crippen LogP contribution in [0.2, 0.25) is 0 Å². The lowest BCUT2D eigenvalue weighted by molar-refractivity contribution is -0.385. The first-order valence-electron chi connectivity index (χ1n) is 6.27. The number of benzene rings is 2. The lowest BCUT2D eigenvalue weighted by Crippen LogP contribution is -2.11. The number of carbonyl (C=O) groups excluding carboxylic acids is 1. The number of ether oxygens (including phenoxy) is 1. The van der Waals surface area contributed by atoms with Gasteiger partial charge in [0.25, 0.3) is 5.69 Å². The molecule has 0 unspecified atom stereocenters. The Kier molecular flexibility index (Phi) is 4.70. The van der Waals surface area contributed by atoms with E-state index in [0.717, 1.165) is 12.0 Å². The van der Waals surface area contributed by atoms with E-state index in [1.165, 1.54) is 18.2 Å². The van der Waals surface area contributed by atoms with Crippen molar-refractivity contribution in [3.8, 4) is 5.75 Å². The number of halogens is 1. The number of aryl methyl sites for hydroxylation is 1. The van der Waals surface area contributed by atoms with Crippen LogP contribution in [0.1, 0.15) is 22.8 Å². The van der Waals surface area contributed by atoms with E-state index in [2.05, 4.69) is 15.9 Å². The predicted molar refractivity (Wildman–Crippen MR) is 81.6 cm³/mol. The second-order valence-corrected chi connectivity index (χ2v) is 5.14. The summed E-state index contributed by atoms with van der Waals surface area (Å²) >= 11 is 3.33. The molecular formula is C15H12BrNO4. The largest absolute Gasteiger partial charge is 0.422 e. The molecule has 0 aliphatic rings. The first-order chi connectivity index (χ1) is 10.0. The van der Waals surface area contributed by atoms with E-state index in [1.54, 1.807) is 12.1 Å². The van der Waals surface area contributed by atoms with Crippen LogP contribution < -0.4 is 4.74 Å². The molecule has 0 atom stereocenters. The molecule has 0 bridgehead atoms. The highest BCUT2D eigenvalue weighted by Gasteiger charge is 2.21. The molecule has 0 radical (unpaired) electrons. The van der Waals surface area contributed by atoms with E-state index in [9.17, 15) is 14.9 Å². The highest BCUT2D eigenvalue weighted by atomic mass is 79.9. The molecule has 0 saturated heterocycles. The SMILES string of the molecule is CCc1ccc(OC(=O)c2ccccc2[N+](=O)[O-])c(Br)c1. The molecule has 6 heteroatoms. The van der Waals surface area contributed by atoms with Crippen LogP contribution in [0, 0.1) is 10.1 Å². The van der Waals surface area contributed by atoms with Gasteiger partial charge in [-0.05, 0) is 46.1 Å². The van der Waals surface area contributed by atoms with Gasteiger partial charge < -0.3 is 4.74 Å². The van der Waals surface area contributed by atoms with Gasteiger partial charge in [-0.1, -0.05) is 25.1 Å². The standard InChI is InChI=1S/C15H12BrNO4/c1-2-10-7-8-14(12(16)9-10)21-15(18)11-5-3-4-6-13(11)17(19)20/h3-9H,2H2,1H3. The van der Waals surface area contributed by atoms with Crippen molar-refractivity contribution in [2.45, 2.75) is 13.3 Å². The fraction of sp³-hybridized carbons (Fsp3) is 0.133. The quantitative estimate of drug-likeness (QED) is 0.360. The van der Waals surface area contributed by atoms with Gasteiger partial charge in [0.1, 0.15) is 11.3 Å². The molecule has 21 heavy (non-hydrogen) atoms. The highest BCUT2D eigenvalue weighted by molar-refractivity contribution is 9.10. The number of hydrogen-bond donors (Lipinski definition) is 0. The van der Waals surface area contributed by atoms with E-state index >= 15 is 0 Å². The smallest absolute Gasteiger partial charge is 0.350 e. The summed E-state index contributed by atoms with van der Waals surface area (Å²) in [7, 11) is 0. The van der Waals surface area contributed by atoms with Gasteiger partial charge in [-0.3, -0.25) is 10.1 Å². The summed E-state index contributed by atoms with van der Waals surface area (Å²) < 4.78 is 5.86. The van der Waals surface area contributed by atoms with Gasteiger partial charge in [0.2, 0.25) is 0 Å². The molecule has 2 aromatic carbocycles. The van der Waals surface area contributed by atoms with Crippen molar-refractivity contribution >= 4 is 27.6 Å². The van der Waals surface area contributed by atoms with Gasteiger partial charge in [0.15, 0.2) is 0 Å². The van der Waals surface area contributed by atoms with Gasteiger partial charge in [0, 0.05) is 6.07 Å². The zero-order chi connectivity index (χ0) is 15.4. The van der Waals surface area contributed by atoms with Crippen molar-refractivity contribution in [3.63, 3.8) is 0 Å². The Bertz CT molecular complexity index is 700. The average Bonchev–Trinajstić information content (AvgIpc) is 2.49. The molecule has 0 spiro atoms. The van der Waals surface area contributed by atoms with E-state index in [1.807, 2.05) is 19.1 Å². The van der Waals surface area contributed by atoms with Crippen LogP contribution in [0.5, 0.6) is 5.75 Å². The summed E-state index contributed by atoms with van der Waals surface area (Å²) in [4.78, 5) is 22.4. The molecular weight excluding hydrogens is 338 g/mol. The summed E-state index contributed by atoms with van der Waals surface area (Å²) in [6, 6.07) is 11.0. The molecule has 0 N–H and O–H groups in total. The third kappa shape index (κ3) is 3.46. The van der Waals surface area contributed by atoms with E-state index in [4.69, 9.17) is 4.74 Å². The number of nitrogens with zero attached hydrogens (tertiary/aromatic N) is 1. The minimum atomic E-state index is -0.757. The maximum atomic E-state index is 12.1. The number of esters is 1. The molecule has 0 aliphatic heterocycles. The summed E-state index contributed by atoms with van der Waals surface area (Å²) in [5.41, 5.74) is 0.741. The van der Waals surface area contributed by atoms with Gasteiger partial charge >= 0.3 is 5.97 Å². The van der Waals surface area contributed by atoms with Crippen LogP contribution in [0.4, 0.5) is 5.69 Å². The van der Waals surface area contributed by atoms with Crippen LogP contribution in [-0.4, -0.2) is 10.9 Å².